The molecule has 1 aliphatic heterocycles. The van der Waals surface area contributed by atoms with Crippen molar-refractivity contribution in [2.75, 3.05) is 11.4 Å². The van der Waals surface area contributed by atoms with Gasteiger partial charge in [-0.05, 0) is 35.1 Å². The SMILES string of the molecule is Cn1cnc([N+](=O)[O-])c1N1C[C@H](O)C[C@H]1C1CCCCC1. The normalized spacial score (nSPS) is 27.2. The quantitative estimate of drug-likeness (QED) is 0.679. The minimum atomic E-state index is -0.433. The van der Waals surface area contributed by atoms with Crippen molar-refractivity contribution in [1.29, 1.82) is 0 Å². The highest BCUT2D eigenvalue weighted by molar-refractivity contribution is 5.56. The van der Waals surface area contributed by atoms with E-state index < -0.39 is 11.0 Å². The van der Waals surface area contributed by atoms with Crippen LogP contribution < -0.4 is 4.90 Å². The number of aliphatic hydroxyl groups is 1. The standard InChI is InChI=1S/C14H22N4O3/c1-16-9-15-13(18(20)21)14(16)17-8-11(19)7-12(17)10-5-3-2-4-6-10/h9-12,19H,2-8H2,1H3/t11-,12+/m1/s1. The molecule has 1 aromatic heterocycles. The third kappa shape index (κ3) is 2.62. The molecular weight excluding hydrogens is 272 g/mol. The lowest BCUT2D eigenvalue weighted by Gasteiger charge is -2.34. The molecule has 0 radical (unpaired) electrons. The molecule has 1 aliphatic carbocycles. The molecule has 0 bridgehead atoms. The topological polar surface area (TPSA) is 84.4 Å². The van der Waals surface area contributed by atoms with Gasteiger partial charge in [-0.3, -0.25) is 4.57 Å². The molecule has 2 aliphatic rings. The van der Waals surface area contributed by atoms with Gasteiger partial charge < -0.3 is 20.1 Å². The van der Waals surface area contributed by atoms with Gasteiger partial charge in [-0.15, -0.1) is 0 Å². The van der Waals surface area contributed by atoms with Crippen LogP contribution in [0.4, 0.5) is 11.6 Å². The van der Waals surface area contributed by atoms with Crippen LogP contribution in [0.5, 0.6) is 0 Å². The number of aromatic nitrogens is 2. The van der Waals surface area contributed by atoms with Gasteiger partial charge in [-0.25, -0.2) is 0 Å². The van der Waals surface area contributed by atoms with Gasteiger partial charge in [0.25, 0.3) is 0 Å². The molecule has 0 unspecified atom stereocenters. The van der Waals surface area contributed by atoms with E-state index in [2.05, 4.69) is 4.98 Å². The van der Waals surface area contributed by atoms with Gasteiger partial charge in [-0.1, -0.05) is 19.3 Å². The van der Waals surface area contributed by atoms with Crippen LogP contribution >= 0.6 is 0 Å². The predicted molar refractivity (Wildman–Crippen MR) is 78.2 cm³/mol. The van der Waals surface area contributed by atoms with Crippen molar-refractivity contribution in [2.24, 2.45) is 13.0 Å². The maximum Gasteiger partial charge on any atom is 0.406 e. The molecule has 3 rings (SSSR count). The summed E-state index contributed by atoms with van der Waals surface area (Å²) in [6.45, 7) is 0.460. The summed E-state index contributed by atoms with van der Waals surface area (Å²) in [5.41, 5.74) is 0. The Hall–Kier alpha value is -1.63. The zero-order valence-corrected chi connectivity index (χ0v) is 12.3. The first-order valence-electron chi connectivity index (χ1n) is 7.68. The highest BCUT2D eigenvalue weighted by atomic mass is 16.6. The molecule has 0 amide bonds. The van der Waals surface area contributed by atoms with Crippen molar-refractivity contribution in [3.8, 4) is 0 Å². The Labute approximate surface area is 123 Å². The number of hydrogen-bond acceptors (Lipinski definition) is 5. The summed E-state index contributed by atoms with van der Waals surface area (Å²) in [5.74, 6) is 0.949. The van der Waals surface area contributed by atoms with E-state index in [9.17, 15) is 15.2 Å². The number of aryl methyl sites for hydroxylation is 1. The van der Waals surface area contributed by atoms with Crippen molar-refractivity contribution in [1.82, 2.24) is 9.55 Å². The minimum absolute atomic E-state index is 0.104. The number of anilines is 1. The maximum atomic E-state index is 11.2. The van der Waals surface area contributed by atoms with E-state index in [1.165, 1.54) is 25.6 Å². The fourth-order valence-corrected chi connectivity index (χ4v) is 3.92. The number of nitrogens with zero attached hydrogens (tertiary/aromatic N) is 4. The third-order valence-corrected chi connectivity index (χ3v) is 4.85. The molecule has 1 aromatic rings. The van der Waals surface area contributed by atoms with Gasteiger partial charge >= 0.3 is 5.82 Å². The Morgan fingerprint density at radius 1 is 1.38 bits per heavy atom. The Morgan fingerprint density at radius 3 is 2.76 bits per heavy atom. The van der Waals surface area contributed by atoms with Crippen molar-refractivity contribution in [3.05, 3.63) is 16.4 Å². The Bertz CT molecular complexity index is 524. The summed E-state index contributed by atoms with van der Waals surface area (Å²) in [5, 5.41) is 21.3. The Morgan fingerprint density at radius 2 is 2.10 bits per heavy atom. The summed E-state index contributed by atoms with van der Waals surface area (Å²) in [4.78, 5) is 16.7. The zero-order valence-electron chi connectivity index (χ0n) is 12.3. The van der Waals surface area contributed by atoms with Gasteiger partial charge in [0, 0.05) is 19.6 Å². The molecule has 21 heavy (non-hydrogen) atoms. The minimum Gasteiger partial charge on any atom is -0.391 e. The molecule has 7 heteroatoms. The van der Waals surface area contributed by atoms with Crippen LogP contribution in [-0.2, 0) is 7.05 Å². The molecule has 2 fully saturated rings. The van der Waals surface area contributed by atoms with Crippen LogP contribution in [0, 0.1) is 16.0 Å². The second-order valence-electron chi connectivity index (χ2n) is 6.27. The fraction of sp³-hybridized carbons (Fsp3) is 0.786. The molecular formula is C14H22N4O3. The van der Waals surface area contributed by atoms with E-state index in [0.29, 0.717) is 24.7 Å². The average Bonchev–Trinajstić information content (AvgIpc) is 3.02. The highest BCUT2D eigenvalue weighted by Crippen LogP contribution is 2.39. The molecule has 2 atom stereocenters. The fourth-order valence-electron chi connectivity index (χ4n) is 3.92. The van der Waals surface area contributed by atoms with E-state index in [0.717, 1.165) is 12.8 Å². The van der Waals surface area contributed by atoms with E-state index in [1.54, 1.807) is 11.6 Å². The molecule has 7 nitrogen and oxygen atoms in total. The first-order chi connectivity index (χ1) is 10.1. The van der Waals surface area contributed by atoms with E-state index in [-0.39, 0.29) is 11.9 Å². The first-order valence-corrected chi connectivity index (χ1v) is 7.68. The zero-order chi connectivity index (χ0) is 15.0. The van der Waals surface area contributed by atoms with Crippen molar-refractivity contribution in [2.45, 2.75) is 50.7 Å². The Kier molecular flexibility index (Phi) is 3.84. The van der Waals surface area contributed by atoms with Crippen LogP contribution in [-0.4, -0.2) is 38.3 Å². The number of rotatable bonds is 3. The second-order valence-corrected chi connectivity index (χ2v) is 6.27. The van der Waals surface area contributed by atoms with Crippen LogP contribution in [0.25, 0.3) is 0 Å². The molecule has 116 valence electrons. The largest absolute Gasteiger partial charge is 0.406 e. The summed E-state index contributed by atoms with van der Waals surface area (Å²) in [6, 6.07) is 0.189. The lowest BCUT2D eigenvalue weighted by atomic mass is 9.83. The molecule has 1 N–H and O–H groups in total. The van der Waals surface area contributed by atoms with Gasteiger partial charge in [-0.2, -0.15) is 0 Å². The number of imidazole rings is 1. The van der Waals surface area contributed by atoms with Gasteiger partial charge in [0.05, 0.1) is 6.10 Å². The van der Waals surface area contributed by atoms with E-state index in [1.807, 2.05) is 4.90 Å². The van der Waals surface area contributed by atoms with Crippen molar-refractivity contribution < 1.29 is 10.0 Å². The summed E-state index contributed by atoms with van der Waals surface area (Å²) >= 11 is 0. The van der Waals surface area contributed by atoms with E-state index >= 15 is 0 Å². The van der Waals surface area contributed by atoms with Crippen molar-refractivity contribution in [3.63, 3.8) is 0 Å². The lowest BCUT2D eigenvalue weighted by molar-refractivity contribution is -0.388. The molecule has 2 heterocycles. The number of aliphatic hydroxyl groups excluding tert-OH is 1. The van der Waals surface area contributed by atoms with Crippen LogP contribution in [0.2, 0.25) is 0 Å². The van der Waals surface area contributed by atoms with Crippen molar-refractivity contribution >= 4 is 11.6 Å². The first kappa shape index (κ1) is 14.3. The summed E-state index contributed by atoms with van der Waals surface area (Å²) in [6.07, 6.45) is 7.79. The van der Waals surface area contributed by atoms with Gasteiger partial charge in [0.1, 0.15) is 0 Å². The molecule has 0 aromatic carbocycles. The van der Waals surface area contributed by atoms with Crippen LogP contribution in [0.3, 0.4) is 0 Å². The van der Waals surface area contributed by atoms with Crippen LogP contribution in [0.15, 0.2) is 6.33 Å². The smallest absolute Gasteiger partial charge is 0.391 e. The molecule has 1 saturated heterocycles. The summed E-state index contributed by atoms with van der Waals surface area (Å²) < 4.78 is 1.70. The number of β-amino-alcohol motifs (C(OH)–C–C–N with tert-alkyl or cyclic N) is 1. The molecule has 0 spiro atoms. The summed E-state index contributed by atoms with van der Waals surface area (Å²) in [7, 11) is 1.78. The monoisotopic (exact) mass is 294 g/mol. The van der Waals surface area contributed by atoms with Gasteiger partial charge in [0.15, 0.2) is 0 Å². The lowest BCUT2D eigenvalue weighted by Crippen LogP contribution is -2.38. The maximum absolute atomic E-state index is 11.2. The Balaban J connectivity index is 1.91. The van der Waals surface area contributed by atoms with E-state index in [4.69, 9.17) is 0 Å². The molecule has 1 saturated carbocycles. The van der Waals surface area contributed by atoms with Crippen LogP contribution in [0.1, 0.15) is 38.5 Å². The predicted octanol–water partition coefficient (Wildman–Crippen LogP) is 1.85. The third-order valence-electron chi connectivity index (χ3n) is 4.85. The second kappa shape index (κ2) is 5.63. The highest BCUT2D eigenvalue weighted by Gasteiger charge is 2.41. The van der Waals surface area contributed by atoms with Gasteiger partial charge in [0.2, 0.25) is 12.1 Å². The number of nitro groups is 1. The average molecular weight is 294 g/mol. The number of hydrogen-bond donors (Lipinski definition) is 1.